The summed E-state index contributed by atoms with van der Waals surface area (Å²) < 4.78 is 27.7. The van der Waals surface area contributed by atoms with E-state index in [0.717, 1.165) is 17.3 Å². The van der Waals surface area contributed by atoms with E-state index in [1.54, 1.807) is 14.0 Å². The summed E-state index contributed by atoms with van der Waals surface area (Å²) in [6.07, 6.45) is -0.340. The van der Waals surface area contributed by atoms with Crippen LogP contribution in [0.25, 0.3) is 0 Å². The molecule has 1 aromatic carbocycles. The first kappa shape index (κ1) is 14.9. The van der Waals surface area contributed by atoms with E-state index in [4.69, 9.17) is 11.6 Å². The molecule has 1 heterocycles. The number of hydrogen-bond donors (Lipinski definition) is 1. The minimum absolute atomic E-state index is 0.152. The summed E-state index contributed by atoms with van der Waals surface area (Å²) >= 11 is 6.08. The maximum Gasteiger partial charge on any atom is 0.130 e. The van der Waals surface area contributed by atoms with Crippen LogP contribution < -0.4 is 0 Å². The lowest BCUT2D eigenvalue weighted by atomic mass is 10.0. The molecule has 0 saturated heterocycles. The van der Waals surface area contributed by atoms with Crippen molar-refractivity contribution >= 4 is 11.6 Å². The number of halogens is 3. The average molecular weight is 301 g/mol. The van der Waals surface area contributed by atoms with Crippen LogP contribution in [0.3, 0.4) is 0 Å². The predicted molar refractivity (Wildman–Crippen MR) is 72.7 cm³/mol. The van der Waals surface area contributed by atoms with Crippen molar-refractivity contribution in [3.63, 3.8) is 0 Å². The molecule has 0 fully saturated rings. The van der Waals surface area contributed by atoms with Gasteiger partial charge in [0.1, 0.15) is 16.8 Å². The molecule has 0 bridgehead atoms. The highest BCUT2D eigenvalue weighted by atomic mass is 35.5. The number of aliphatic hydroxyl groups excluding tert-OH is 1. The second-order valence-electron chi connectivity index (χ2n) is 4.82. The molecule has 0 radical (unpaired) electrons. The molecule has 20 heavy (non-hydrogen) atoms. The monoisotopic (exact) mass is 300 g/mol. The van der Waals surface area contributed by atoms with Crippen LogP contribution in [0.1, 0.15) is 16.8 Å². The maximum atomic E-state index is 13.1. The lowest BCUT2D eigenvalue weighted by Gasteiger charge is -2.11. The number of hydrogen-bond acceptors (Lipinski definition) is 2. The van der Waals surface area contributed by atoms with Gasteiger partial charge in [0.05, 0.1) is 11.8 Å². The quantitative estimate of drug-likeness (QED) is 0.943. The molecule has 1 unspecified atom stereocenters. The lowest BCUT2D eigenvalue weighted by Crippen LogP contribution is -2.15. The third kappa shape index (κ3) is 3.35. The Hall–Kier alpha value is -1.46. The highest BCUT2D eigenvalue weighted by molar-refractivity contribution is 6.30. The predicted octanol–water partition coefficient (Wildman–Crippen LogP) is 2.81. The number of aryl methyl sites for hydroxylation is 2. The van der Waals surface area contributed by atoms with Crippen molar-refractivity contribution in [3.05, 3.63) is 51.8 Å². The molecule has 0 aliphatic heterocycles. The molecule has 1 N–H and O–H groups in total. The Bertz CT molecular complexity index is 608. The fourth-order valence-electron chi connectivity index (χ4n) is 2.21. The molecule has 0 amide bonds. The fourth-order valence-corrected chi connectivity index (χ4v) is 2.47. The van der Waals surface area contributed by atoms with Gasteiger partial charge >= 0.3 is 0 Å². The second kappa shape index (κ2) is 5.89. The van der Waals surface area contributed by atoms with Crippen molar-refractivity contribution in [1.29, 1.82) is 0 Å². The van der Waals surface area contributed by atoms with Gasteiger partial charge < -0.3 is 5.11 Å². The van der Waals surface area contributed by atoms with E-state index in [0.29, 0.717) is 10.7 Å². The van der Waals surface area contributed by atoms with E-state index < -0.39 is 17.7 Å². The highest BCUT2D eigenvalue weighted by Crippen LogP contribution is 2.21. The SMILES string of the molecule is Cc1nn(C)c(Cl)c1CC(O)Cc1cc(F)cc(F)c1. The van der Waals surface area contributed by atoms with Gasteiger partial charge in [0, 0.05) is 25.1 Å². The van der Waals surface area contributed by atoms with E-state index in [9.17, 15) is 13.9 Å². The number of rotatable bonds is 4. The Morgan fingerprint density at radius 2 is 1.85 bits per heavy atom. The lowest BCUT2D eigenvalue weighted by molar-refractivity contribution is 0.175. The van der Waals surface area contributed by atoms with Gasteiger partial charge in [-0.2, -0.15) is 5.10 Å². The zero-order valence-electron chi connectivity index (χ0n) is 11.2. The van der Waals surface area contributed by atoms with Gasteiger partial charge in [0.15, 0.2) is 0 Å². The summed E-state index contributed by atoms with van der Waals surface area (Å²) in [6.45, 7) is 1.80. The normalized spacial score (nSPS) is 12.7. The zero-order chi connectivity index (χ0) is 14.9. The van der Waals surface area contributed by atoms with Crippen molar-refractivity contribution < 1.29 is 13.9 Å². The molecule has 2 aromatic rings. The summed E-state index contributed by atoms with van der Waals surface area (Å²) in [5, 5.41) is 14.7. The van der Waals surface area contributed by atoms with Crippen LogP contribution >= 0.6 is 11.6 Å². The van der Waals surface area contributed by atoms with E-state index in [-0.39, 0.29) is 12.8 Å². The molecule has 1 aromatic heterocycles. The van der Waals surface area contributed by atoms with Crippen LogP contribution in [-0.2, 0) is 19.9 Å². The summed E-state index contributed by atoms with van der Waals surface area (Å²) in [7, 11) is 1.72. The molecule has 1 atom stereocenters. The third-order valence-corrected chi connectivity index (χ3v) is 3.58. The molecular formula is C14H15ClF2N2O. The number of benzene rings is 1. The van der Waals surface area contributed by atoms with Crippen molar-refractivity contribution in [1.82, 2.24) is 9.78 Å². The number of aliphatic hydroxyl groups is 1. The zero-order valence-corrected chi connectivity index (χ0v) is 12.0. The molecule has 0 aliphatic carbocycles. The average Bonchev–Trinajstić information content (AvgIpc) is 2.54. The molecule has 0 spiro atoms. The minimum atomic E-state index is -0.781. The first-order chi connectivity index (χ1) is 9.36. The van der Waals surface area contributed by atoms with Crippen LogP contribution in [-0.4, -0.2) is 21.0 Å². The van der Waals surface area contributed by atoms with Gasteiger partial charge in [0.25, 0.3) is 0 Å². The van der Waals surface area contributed by atoms with Gasteiger partial charge in [-0.15, -0.1) is 0 Å². The van der Waals surface area contributed by atoms with Crippen molar-refractivity contribution in [2.75, 3.05) is 0 Å². The Balaban J connectivity index is 2.10. The van der Waals surface area contributed by atoms with Crippen LogP contribution in [0, 0.1) is 18.6 Å². The van der Waals surface area contributed by atoms with Crippen LogP contribution in [0.5, 0.6) is 0 Å². The number of nitrogens with zero attached hydrogens (tertiary/aromatic N) is 2. The largest absolute Gasteiger partial charge is 0.392 e. The van der Waals surface area contributed by atoms with Crippen molar-refractivity contribution in [3.8, 4) is 0 Å². The van der Waals surface area contributed by atoms with E-state index in [2.05, 4.69) is 5.10 Å². The van der Waals surface area contributed by atoms with Crippen LogP contribution in [0.15, 0.2) is 18.2 Å². The van der Waals surface area contributed by atoms with E-state index >= 15 is 0 Å². The Morgan fingerprint density at radius 3 is 2.35 bits per heavy atom. The molecule has 0 saturated carbocycles. The summed E-state index contributed by atoms with van der Waals surface area (Å²) in [5.41, 5.74) is 1.90. The summed E-state index contributed by atoms with van der Waals surface area (Å²) in [5.74, 6) is -1.30. The van der Waals surface area contributed by atoms with E-state index in [1.165, 1.54) is 16.8 Å². The minimum Gasteiger partial charge on any atom is -0.392 e. The summed E-state index contributed by atoms with van der Waals surface area (Å²) in [6, 6.07) is 3.23. The van der Waals surface area contributed by atoms with Gasteiger partial charge in [-0.3, -0.25) is 4.68 Å². The Morgan fingerprint density at radius 1 is 1.25 bits per heavy atom. The van der Waals surface area contributed by atoms with Gasteiger partial charge in [0.2, 0.25) is 0 Å². The van der Waals surface area contributed by atoms with E-state index in [1.807, 2.05) is 0 Å². The molecule has 6 heteroatoms. The molecular weight excluding hydrogens is 286 g/mol. The van der Waals surface area contributed by atoms with Gasteiger partial charge in [-0.05, 0) is 31.0 Å². The highest BCUT2D eigenvalue weighted by Gasteiger charge is 2.16. The topological polar surface area (TPSA) is 38.0 Å². The fraction of sp³-hybridized carbons (Fsp3) is 0.357. The van der Waals surface area contributed by atoms with Crippen molar-refractivity contribution in [2.24, 2.45) is 7.05 Å². The smallest absolute Gasteiger partial charge is 0.130 e. The van der Waals surface area contributed by atoms with Crippen LogP contribution in [0.2, 0.25) is 5.15 Å². The van der Waals surface area contributed by atoms with Gasteiger partial charge in [-0.1, -0.05) is 11.6 Å². The molecule has 108 valence electrons. The number of aromatic nitrogens is 2. The maximum absolute atomic E-state index is 13.1. The summed E-state index contributed by atoms with van der Waals surface area (Å²) in [4.78, 5) is 0. The second-order valence-corrected chi connectivity index (χ2v) is 5.18. The first-order valence-corrected chi connectivity index (χ1v) is 6.55. The molecule has 0 aliphatic rings. The van der Waals surface area contributed by atoms with Gasteiger partial charge in [-0.25, -0.2) is 8.78 Å². The molecule has 2 rings (SSSR count). The third-order valence-electron chi connectivity index (χ3n) is 3.10. The van der Waals surface area contributed by atoms with Crippen LogP contribution in [0.4, 0.5) is 8.78 Å². The Labute approximate surface area is 120 Å². The molecule has 3 nitrogen and oxygen atoms in total. The first-order valence-electron chi connectivity index (χ1n) is 6.18. The Kier molecular flexibility index (Phi) is 4.40. The standard InChI is InChI=1S/C14H15ClF2N2O/c1-8-13(14(15)19(2)18-8)7-12(20)5-9-3-10(16)6-11(17)4-9/h3-4,6,12,20H,5,7H2,1-2H3. The van der Waals surface area contributed by atoms with Crippen molar-refractivity contribution in [2.45, 2.75) is 25.9 Å².